The lowest BCUT2D eigenvalue weighted by Gasteiger charge is -2.36. The Labute approximate surface area is 79.7 Å². The first-order valence-electron chi connectivity index (χ1n) is 4.69. The Balaban J connectivity index is 2.54. The van der Waals surface area contributed by atoms with E-state index in [9.17, 15) is 4.79 Å². The molecule has 4 heteroatoms. The first kappa shape index (κ1) is 10.3. The van der Waals surface area contributed by atoms with E-state index in [-0.39, 0.29) is 11.6 Å². The molecule has 0 aromatic carbocycles. The number of carbonyl (C=O) groups is 1. The van der Waals surface area contributed by atoms with Crippen molar-refractivity contribution in [3.05, 3.63) is 0 Å². The third-order valence-corrected chi connectivity index (χ3v) is 2.12. The summed E-state index contributed by atoms with van der Waals surface area (Å²) >= 11 is 0. The molecule has 0 atom stereocenters. The van der Waals surface area contributed by atoms with Crippen molar-refractivity contribution in [2.24, 2.45) is 5.73 Å². The molecule has 0 spiro atoms. The lowest BCUT2D eigenvalue weighted by molar-refractivity contribution is 0.131. The molecule has 1 fully saturated rings. The summed E-state index contributed by atoms with van der Waals surface area (Å²) in [5, 5.41) is 0. The number of hydrogen-bond acceptors (Lipinski definition) is 2. The quantitative estimate of drug-likeness (QED) is 0.680. The normalized spacial score (nSPS) is 19.5. The van der Waals surface area contributed by atoms with Crippen molar-refractivity contribution in [1.82, 2.24) is 9.80 Å². The van der Waals surface area contributed by atoms with Gasteiger partial charge in [0.2, 0.25) is 0 Å². The van der Waals surface area contributed by atoms with Crippen molar-refractivity contribution in [3.63, 3.8) is 0 Å². The minimum absolute atomic E-state index is 0.102. The van der Waals surface area contributed by atoms with Gasteiger partial charge in [0.1, 0.15) is 0 Å². The van der Waals surface area contributed by atoms with E-state index in [4.69, 9.17) is 5.73 Å². The number of urea groups is 1. The maximum Gasteiger partial charge on any atom is 0.319 e. The van der Waals surface area contributed by atoms with Gasteiger partial charge in [-0.3, -0.25) is 0 Å². The Kier molecular flexibility index (Phi) is 2.81. The van der Waals surface area contributed by atoms with Crippen LogP contribution >= 0.6 is 0 Å². The molecule has 0 unspecified atom stereocenters. The molecule has 2 amide bonds. The fraction of sp³-hybridized carbons (Fsp3) is 0.889. The number of carbonyl (C=O) groups excluding carboxylic acids is 1. The molecule has 1 saturated heterocycles. The lowest BCUT2D eigenvalue weighted by Crippen LogP contribution is -2.54. The second kappa shape index (κ2) is 3.54. The zero-order valence-electron chi connectivity index (χ0n) is 8.71. The molecule has 0 saturated carbocycles. The topological polar surface area (TPSA) is 49.6 Å². The third-order valence-electron chi connectivity index (χ3n) is 2.12. The van der Waals surface area contributed by atoms with Crippen LogP contribution in [0.1, 0.15) is 20.3 Å². The van der Waals surface area contributed by atoms with E-state index >= 15 is 0 Å². The molecule has 1 heterocycles. The van der Waals surface area contributed by atoms with Gasteiger partial charge in [-0.15, -0.1) is 0 Å². The van der Waals surface area contributed by atoms with Gasteiger partial charge in [-0.25, -0.2) is 4.79 Å². The van der Waals surface area contributed by atoms with E-state index in [1.165, 1.54) is 0 Å². The van der Waals surface area contributed by atoms with Crippen LogP contribution in [0.3, 0.4) is 0 Å². The number of nitrogens with zero attached hydrogens (tertiary/aromatic N) is 2. The molecule has 1 rings (SSSR count). The van der Waals surface area contributed by atoms with Gasteiger partial charge in [-0.2, -0.15) is 0 Å². The van der Waals surface area contributed by atoms with Crippen LogP contribution in [0.15, 0.2) is 0 Å². The van der Waals surface area contributed by atoms with Gasteiger partial charge in [0.15, 0.2) is 0 Å². The van der Waals surface area contributed by atoms with Crippen molar-refractivity contribution in [2.75, 3.05) is 26.7 Å². The zero-order valence-corrected chi connectivity index (χ0v) is 8.71. The average molecular weight is 185 g/mol. The predicted molar refractivity (Wildman–Crippen MR) is 52.5 cm³/mol. The molecule has 1 aliphatic heterocycles. The molecular formula is C9H19N3O. The Morgan fingerprint density at radius 2 is 2.08 bits per heavy atom. The second-order valence-electron chi connectivity index (χ2n) is 4.47. The smallest absolute Gasteiger partial charge is 0.319 e. The van der Waals surface area contributed by atoms with E-state index in [0.717, 1.165) is 19.5 Å². The van der Waals surface area contributed by atoms with Gasteiger partial charge in [0, 0.05) is 32.2 Å². The van der Waals surface area contributed by atoms with E-state index in [2.05, 4.69) is 0 Å². The molecule has 0 bridgehead atoms. The van der Waals surface area contributed by atoms with E-state index in [1.54, 1.807) is 4.90 Å². The van der Waals surface area contributed by atoms with Crippen LogP contribution in [0.2, 0.25) is 0 Å². The van der Waals surface area contributed by atoms with Gasteiger partial charge >= 0.3 is 6.03 Å². The summed E-state index contributed by atoms with van der Waals surface area (Å²) in [5.41, 5.74) is 5.56. The highest BCUT2D eigenvalue weighted by Gasteiger charge is 2.26. The minimum atomic E-state index is -0.298. The zero-order chi connectivity index (χ0) is 10.1. The Morgan fingerprint density at radius 3 is 2.62 bits per heavy atom. The van der Waals surface area contributed by atoms with E-state index in [0.29, 0.717) is 6.54 Å². The molecule has 76 valence electrons. The number of amides is 2. The summed E-state index contributed by atoms with van der Waals surface area (Å²) in [7, 11) is 1.83. The fourth-order valence-electron chi connectivity index (χ4n) is 1.57. The standard InChI is InChI=1S/C9H19N3O/c1-9(2,10)7-12-6-4-5-11(3)8(12)13/h4-7,10H2,1-3H3. The summed E-state index contributed by atoms with van der Waals surface area (Å²) in [6.07, 6.45) is 1.04. The number of nitrogens with two attached hydrogens (primary N) is 1. The second-order valence-corrected chi connectivity index (χ2v) is 4.47. The molecule has 2 N–H and O–H groups in total. The molecule has 0 aromatic rings. The van der Waals surface area contributed by atoms with Gasteiger partial charge in [-0.1, -0.05) is 0 Å². The van der Waals surface area contributed by atoms with Crippen molar-refractivity contribution < 1.29 is 4.79 Å². The van der Waals surface area contributed by atoms with Gasteiger partial charge < -0.3 is 15.5 Å². The highest BCUT2D eigenvalue weighted by atomic mass is 16.2. The molecule has 1 aliphatic rings. The Morgan fingerprint density at radius 1 is 1.46 bits per heavy atom. The predicted octanol–water partition coefficient (Wildman–Crippen LogP) is 0.481. The summed E-state index contributed by atoms with van der Waals surface area (Å²) in [6.45, 7) is 6.21. The SMILES string of the molecule is CN1CCCN(CC(C)(C)N)C1=O. The molecule has 0 radical (unpaired) electrons. The maximum atomic E-state index is 11.6. The first-order valence-corrected chi connectivity index (χ1v) is 4.69. The lowest BCUT2D eigenvalue weighted by atomic mass is 10.1. The van der Waals surface area contributed by atoms with E-state index < -0.39 is 0 Å². The molecule has 0 aromatic heterocycles. The van der Waals surface area contributed by atoms with Gasteiger partial charge in [0.05, 0.1) is 0 Å². The summed E-state index contributed by atoms with van der Waals surface area (Å²) in [4.78, 5) is 15.2. The Hall–Kier alpha value is -0.770. The largest absolute Gasteiger partial charge is 0.328 e. The number of hydrogen-bond donors (Lipinski definition) is 1. The average Bonchev–Trinajstić information content (AvgIpc) is 1.96. The summed E-state index contributed by atoms with van der Waals surface area (Å²) in [5.74, 6) is 0. The highest BCUT2D eigenvalue weighted by Crippen LogP contribution is 2.10. The van der Waals surface area contributed by atoms with Gasteiger partial charge in [0.25, 0.3) is 0 Å². The van der Waals surface area contributed by atoms with Crippen LogP contribution < -0.4 is 5.73 Å². The molecule has 4 nitrogen and oxygen atoms in total. The minimum Gasteiger partial charge on any atom is -0.328 e. The van der Waals surface area contributed by atoms with Gasteiger partial charge in [-0.05, 0) is 20.3 Å². The van der Waals surface area contributed by atoms with Crippen molar-refractivity contribution >= 4 is 6.03 Å². The monoisotopic (exact) mass is 185 g/mol. The van der Waals surface area contributed by atoms with Crippen LogP contribution in [0.4, 0.5) is 4.79 Å². The summed E-state index contributed by atoms with van der Waals surface area (Å²) in [6, 6.07) is 0.102. The molecule has 13 heavy (non-hydrogen) atoms. The molecule has 0 aliphatic carbocycles. The summed E-state index contributed by atoms with van der Waals surface area (Å²) < 4.78 is 0. The first-order chi connectivity index (χ1) is 5.90. The number of rotatable bonds is 2. The van der Waals surface area contributed by atoms with Crippen LogP contribution in [-0.2, 0) is 0 Å². The molecular weight excluding hydrogens is 166 g/mol. The highest BCUT2D eigenvalue weighted by molar-refractivity contribution is 5.74. The van der Waals surface area contributed by atoms with Crippen LogP contribution in [0.25, 0.3) is 0 Å². The van der Waals surface area contributed by atoms with Crippen molar-refractivity contribution in [2.45, 2.75) is 25.8 Å². The van der Waals surface area contributed by atoms with Crippen molar-refractivity contribution in [3.8, 4) is 0 Å². The van der Waals surface area contributed by atoms with Crippen LogP contribution in [-0.4, -0.2) is 48.1 Å². The van der Waals surface area contributed by atoms with Crippen LogP contribution in [0.5, 0.6) is 0 Å². The fourth-order valence-corrected chi connectivity index (χ4v) is 1.57. The van der Waals surface area contributed by atoms with Crippen molar-refractivity contribution in [1.29, 1.82) is 0 Å². The Bertz CT molecular complexity index is 198. The van der Waals surface area contributed by atoms with Crippen LogP contribution in [0, 0.1) is 0 Å². The maximum absolute atomic E-state index is 11.6. The third kappa shape index (κ3) is 2.88. The van der Waals surface area contributed by atoms with E-state index in [1.807, 2.05) is 25.8 Å².